The van der Waals surface area contributed by atoms with Gasteiger partial charge in [-0.1, -0.05) is 12.1 Å². The van der Waals surface area contributed by atoms with Crippen molar-refractivity contribution < 1.29 is 9.53 Å². The van der Waals surface area contributed by atoms with Gasteiger partial charge in [-0.05, 0) is 44.5 Å². The smallest absolute Gasteiger partial charge is 0.229 e. The summed E-state index contributed by atoms with van der Waals surface area (Å²) in [5, 5.41) is 2.94. The number of hydrogen-bond acceptors (Lipinski definition) is 5. The zero-order valence-corrected chi connectivity index (χ0v) is 14.7. The van der Waals surface area contributed by atoms with Gasteiger partial charge in [-0.25, -0.2) is 9.97 Å². The number of carbonyl (C=O) groups is 1. The van der Waals surface area contributed by atoms with Gasteiger partial charge in [0.25, 0.3) is 0 Å². The molecule has 1 saturated heterocycles. The van der Waals surface area contributed by atoms with E-state index >= 15 is 0 Å². The van der Waals surface area contributed by atoms with Crippen molar-refractivity contribution in [3.05, 3.63) is 47.8 Å². The first-order chi connectivity index (χ1) is 12.1. The number of rotatable bonds is 5. The van der Waals surface area contributed by atoms with E-state index in [0.717, 1.165) is 43.9 Å². The number of methoxy groups -OCH3 is 1. The molecule has 0 aromatic carbocycles. The quantitative estimate of drug-likeness (QED) is 0.906. The van der Waals surface area contributed by atoms with Crippen molar-refractivity contribution in [2.45, 2.75) is 26.3 Å². The summed E-state index contributed by atoms with van der Waals surface area (Å²) in [5.74, 6) is 1.26. The van der Waals surface area contributed by atoms with Crippen LogP contribution in [-0.2, 0) is 11.3 Å². The molecule has 0 radical (unpaired) electrons. The highest BCUT2D eigenvalue weighted by Gasteiger charge is 2.26. The molecule has 1 aliphatic rings. The van der Waals surface area contributed by atoms with E-state index in [4.69, 9.17) is 4.74 Å². The van der Waals surface area contributed by atoms with Crippen molar-refractivity contribution >= 4 is 11.7 Å². The van der Waals surface area contributed by atoms with Crippen LogP contribution < -0.4 is 10.1 Å². The number of carbonyl (C=O) groups excluding carboxylic acids is 1. The summed E-state index contributed by atoms with van der Waals surface area (Å²) >= 11 is 0. The summed E-state index contributed by atoms with van der Waals surface area (Å²) in [6, 6.07) is 11.4. The zero-order valence-electron chi connectivity index (χ0n) is 14.7. The molecule has 6 heteroatoms. The number of aryl methyl sites for hydroxylation is 1. The number of likely N-dealkylation sites (tertiary alicyclic amines) is 1. The Morgan fingerprint density at radius 3 is 2.92 bits per heavy atom. The van der Waals surface area contributed by atoms with E-state index in [2.05, 4.69) is 20.2 Å². The van der Waals surface area contributed by atoms with Crippen molar-refractivity contribution in [3.8, 4) is 5.88 Å². The number of amides is 1. The Balaban J connectivity index is 1.59. The fourth-order valence-corrected chi connectivity index (χ4v) is 3.14. The molecule has 0 aliphatic carbocycles. The Bertz CT molecular complexity index is 735. The first-order valence-corrected chi connectivity index (χ1v) is 8.61. The largest absolute Gasteiger partial charge is 0.481 e. The number of aromatic nitrogens is 2. The summed E-state index contributed by atoms with van der Waals surface area (Å²) in [6.07, 6.45) is 1.91. The Labute approximate surface area is 148 Å². The molecule has 6 nitrogen and oxygen atoms in total. The van der Waals surface area contributed by atoms with E-state index in [-0.39, 0.29) is 11.8 Å². The van der Waals surface area contributed by atoms with Gasteiger partial charge in [0.05, 0.1) is 18.7 Å². The third-order valence-electron chi connectivity index (χ3n) is 4.39. The number of nitrogens with zero attached hydrogens (tertiary/aromatic N) is 3. The number of anilines is 1. The lowest BCUT2D eigenvalue weighted by molar-refractivity contribution is -0.121. The number of nitrogens with one attached hydrogen (secondary N) is 1. The molecule has 2 aromatic rings. The summed E-state index contributed by atoms with van der Waals surface area (Å²) in [7, 11) is 1.62. The topological polar surface area (TPSA) is 67.3 Å². The standard InChI is InChI=1S/C19H24N4O2/c1-14-6-3-9-17(20-14)22-19(24)15-7-5-11-23(12-15)13-16-8-4-10-18(21-16)25-2/h3-4,6,8-10,15H,5,7,11-13H2,1-2H3,(H,20,22,24). The minimum absolute atomic E-state index is 0.0262. The monoisotopic (exact) mass is 340 g/mol. The maximum atomic E-state index is 12.6. The van der Waals surface area contributed by atoms with E-state index in [9.17, 15) is 4.79 Å². The van der Waals surface area contributed by atoms with Crippen molar-refractivity contribution in [3.63, 3.8) is 0 Å². The lowest BCUT2D eigenvalue weighted by Crippen LogP contribution is -2.40. The molecule has 25 heavy (non-hydrogen) atoms. The second-order valence-corrected chi connectivity index (χ2v) is 6.40. The summed E-state index contributed by atoms with van der Waals surface area (Å²) in [5.41, 5.74) is 1.85. The van der Waals surface area contributed by atoms with Gasteiger partial charge < -0.3 is 10.1 Å². The maximum Gasteiger partial charge on any atom is 0.229 e. The molecule has 2 aromatic heterocycles. The number of ether oxygens (including phenoxy) is 1. The predicted molar refractivity (Wildman–Crippen MR) is 96.4 cm³/mol. The molecule has 0 saturated carbocycles. The van der Waals surface area contributed by atoms with E-state index < -0.39 is 0 Å². The highest BCUT2D eigenvalue weighted by molar-refractivity contribution is 5.91. The number of hydrogen-bond donors (Lipinski definition) is 1. The van der Waals surface area contributed by atoms with Gasteiger partial charge in [0.15, 0.2) is 0 Å². The Morgan fingerprint density at radius 2 is 2.12 bits per heavy atom. The third kappa shape index (κ3) is 4.76. The fourth-order valence-electron chi connectivity index (χ4n) is 3.14. The second-order valence-electron chi connectivity index (χ2n) is 6.40. The molecule has 1 atom stereocenters. The lowest BCUT2D eigenvalue weighted by Gasteiger charge is -2.31. The van der Waals surface area contributed by atoms with Crippen LogP contribution in [0.1, 0.15) is 24.2 Å². The highest BCUT2D eigenvalue weighted by Crippen LogP contribution is 2.20. The molecule has 3 heterocycles. The zero-order chi connectivity index (χ0) is 17.6. The van der Waals surface area contributed by atoms with E-state index in [1.54, 1.807) is 7.11 Å². The Kier molecular flexibility index (Phi) is 5.60. The van der Waals surface area contributed by atoms with E-state index in [1.165, 1.54) is 0 Å². The van der Waals surface area contributed by atoms with Crippen LogP contribution in [-0.4, -0.2) is 41.0 Å². The van der Waals surface area contributed by atoms with Gasteiger partial charge in [0.1, 0.15) is 5.82 Å². The van der Waals surface area contributed by atoms with Crippen LogP contribution in [0.5, 0.6) is 5.88 Å². The summed E-state index contributed by atoms with van der Waals surface area (Å²) < 4.78 is 5.18. The van der Waals surface area contributed by atoms with Crippen molar-refractivity contribution in [1.29, 1.82) is 0 Å². The fraction of sp³-hybridized carbons (Fsp3) is 0.421. The molecule has 0 spiro atoms. The highest BCUT2D eigenvalue weighted by atomic mass is 16.5. The average molecular weight is 340 g/mol. The molecule has 1 fully saturated rings. The molecular weight excluding hydrogens is 316 g/mol. The van der Waals surface area contributed by atoms with Crippen LogP contribution in [0.3, 0.4) is 0 Å². The van der Waals surface area contributed by atoms with Crippen LogP contribution in [0.4, 0.5) is 5.82 Å². The van der Waals surface area contributed by atoms with Gasteiger partial charge in [-0.2, -0.15) is 0 Å². The minimum atomic E-state index is -0.0262. The molecule has 1 unspecified atom stereocenters. The van der Waals surface area contributed by atoms with Gasteiger partial charge in [0.2, 0.25) is 11.8 Å². The van der Waals surface area contributed by atoms with Crippen LogP contribution in [0, 0.1) is 12.8 Å². The van der Waals surface area contributed by atoms with Crippen LogP contribution in [0.25, 0.3) is 0 Å². The number of piperidine rings is 1. The molecule has 3 rings (SSSR count). The normalized spacial score (nSPS) is 17.9. The first kappa shape index (κ1) is 17.4. The molecular formula is C19H24N4O2. The molecule has 132 valence electrons. The van der Waals surface area contributed by atoms with Crippen LogP contribution >= 0.6 is 0 Å². The Hall–Kier alpha value is -2.47. The van der Waals surface area contributed by atoms with Gasteiger partial charge in [-0.15, -0.1) is 0 Å². The summed E-state index contributed by atoms with van der Waals surface area (Å²) in [6.45, 7) is 4.35. The van der Waals surface area contributed by atoms with Crippen LogP contribution in [0.2, 0.25) is 0 Å². The first-order valence-electron chi connectivity index (χ1n) is 8.61. The second kappa shape index (κ2) is 8.07. The van der Waals surface area contributed by atoms with Gasteiger partial charge in [-0.3, -0.25) is 9.69 Å². The SMILES string of the molecule is COc1cccc(CN2CCCC(C(=O)Nc3cccc(C)n3)C2)n1. The van der Waals surface area contributed by atoms with Gasteiger partial charge in [0, 0.05) is 24.8 Å². The molecule has 1 amide bonds. The maximum absolute atomic E-state index is 12.6. The van der Waals surface area contributed by atoms with E-state index in [1.807, 2.05) is 43.3 Å². The molecule has 1 N–H and O–H groups in total. The minimum Gasteiger partial charge on any atom is -0.481 e. The van der Waals surface area contributed by atoms with E-state index in [0.29, 0.717) is 11.7 Å². The number of pyridine rings is 2. The summed E-state index contributed by atoms with van der Waals surface area (Å²) in [4.78, 5) is 23.6. The van der Waals surface area contributed by atoms with Crippen molar-refractivity contribution in [2.75, 3.05) is 25.5 Å². The molecule has 1 aliphatic heterocycles. The molecule has 0 bridgehead atoms. The lowest BCUT2D eigenvalue weighted by atomic mass is 9.97. The average Bonchev–Trinajstić information content (AvgIpc) is 2.62. The van der Waals surface area contributed by atoms with Crippen molar-refractivity contribution in [1.82, 2.24) is 14.9 Å². The predicted octanol–water partition coefficient (Wildman–Crippen LogP) is 2.64. The van der Waals surface area contributed by atoms with Crippen molar-refractivity contribution in [2.24, 2.45) is 5.92 Å². The van der Waals surface area contributed by atoms with Crippen LogP contribution in [0.15, 0.2) is 36.4 Å². The Morgan fingerprint density at radius 1 is 1.28 bits per heavy atom. The third-order valence-corrected chi connectivity index (χ3v) is 4.39. The van der Waals surface area contributed by atoms with Gasteiger partial charge >= 0.3 is 0 Å².